The first kappa shape index (κ1) is 15.7. The largest absolute Gasteiger partial charge is 0.462 e. The van der Waals surface area contributed by atoms with Crippen LogP contribution in [0.3, 0.4) is 0 Å². The fraction of sp³-hybridized carbons (Fsp3) is 0.278. The summed E-state index contributed by atoms with van der Waals surface area (Å²) in [6, 6.07) is 11.5. The predicted molar refractivity (Wildman–Crippen MR) is 92.7 cm³/mol. The van der Waals surface area contributed by atoms with Crippen LogP contribution < -0.4 is 4.90 Å². The Labute approximate surface area is 140 Å². The van der Waals surface area contributed by atoms with Crippen molar-refractivity contribution >= 4 is 29.3 Å². The van der Waals surface area contributed by atoms with E-state index < -0.39 is 0 Å². The molecular formula is C18H19ClN2O2. The zero-order valence-corrected chi connectivity index (χ0v) is 13.8. The van der Waals surface area contributed by atoms with Gasteiger partial charge in [0.2, 0.25) is 5.91 Å². The number of nitrogens with zero attached hydrogens (tertiary/aromatic N) is 2. The molecule has 1 fully saturated rings. The average molecular weight is 331 g/mol. The van der Waals surface area contributed by atoms with E-state index >= 15 is 0 Å². The molecule has 120 valence electrons. The van der Waals surface area contributed by atoms with Crippen LogP contribution in [0, 0.1) is 6.92 Å². The highest BCUT2D eigenvalue weighted by Crippen LogP contribution is 2.26. The van der Waals surface area contributed by atoms with Crippen molar-refractivity contribution in [1.82, 2.24) is 4.90 Å². The van der Waals surface area contributed by atoms with Crippen LogP contribution in [-0.2, 0) is 4.79 Å². The summed E-state index contributed by atoms with van der Waals surface area (Å²) in [6.07, 6.45) is 3.29. The lowest BCUT2D eigenvalue weighted by molar-refractivity contribution is -0.126. The van der Waals surface area contributed by atoms with Crippen LogP contribution in [-0.4, -0.2) is 37.0 Å². The second-order valence-electron chi connectivity index (χ2n) is 5.55. The molecule has 1 aliphatic heterocycles. The van der Waals surface area contributed by atoms with Crippen LogP contribution in [0.15, 0.2) is 46.9 Å². The van der Waals surface area contributed by atoms with E-state index in [4.69, 9.17) is 16.0 Å². The third kappa shape index (κ3) is 3.77. The Bertz CT molecular complexity index is 715. The number of para-hydroxylation sites is 1. The van der Waals surface area contributed by atoms with Gasteiger partial charge < -0.3 is 14.2 Å². The fourth-order valence-electron chi connectivity index (χ4n) is 2.68. The Morgan fingerprint density at radius 2 is 1.87 bits per heavy atom. The van der Waals surface area contributed by atoms with Gasteiger partial charge in [0, 0.05) is 32.3 Å². The first-order chi connectivity index (χ1) is 11.1. The van der Waals surface area contributed by atoms with Crippen molar-refractivity contribution in [3.05, 3.63) is 59.0 Å². The maximum atomic E-state index is 12.2. The standard InChI is InChI=1S/C18H19ClN2O2/c1-14-6-7-15(23-14)8-9-18(22)21-12-10-20(11-13-21)17-5-3-2-4-16(17)19/h2-9H,10-13H2,1H3. The van der Waals surface area contributed by atoms with Crippen LogP contribution in [0.1, 0.15) is 11.5 Å². The molecule has 23 heavy (non-hydrogen) atoms. The highest BCUT2D eigenvalue weighted by Gasteiger charge is 2.20. The molecular weight excluding hydrogens is 312 g/mol. The third-order valence-corrected chi connectivity index (χ3v) is 4.26. The molecule has 0 bridgehead atoms. The molecule has 1 saturated heterocycles. The monoisotopic (exact) mass is 330 g/mol. The normalized spacial score (nSPS) is 15.4. The minimum atomic E-state index is 0.0119. The summed E-state index contributed by atoms with van der Waals surface area (Å²) in [5.41, 5.74) is 1.03. The van der Waals surface area contributed by atoms with Crippen molar-refractivity contribution < 1.29 is 9.21 Å². The molecule has 1 aromatic heterocycles. The summed E-state index contributed by atoms with van der Waals surface area (Å²) in [5, 5.41) is 0.750. The number of carbonyl (C=O) groups is 1. The van der Waals surface area contributed by atoms with Gasteiger partial charge in [-0.3, -0.25) is 4.79 Å². The topological polar surface area (TPSA) is 36.7 Å². The number of carbonyl (C=O) groups excluding carboxylic acids is 1. The van der Waals surface area contributed by atoms with Gasteiger partial charge in [-0.15, -0.1) is 0 Å². The predicted octanol–water partition coefficient (Wildman–Crippen LogP) is 3.60. The number of benzene rings is 1. The molecule has 0 unspecified atom stereocenters. The number of halogens is 1. The molecule has 0 saturated carbocycles. The van der Waals surface area contributed by atoms with Gasteiger partial charge >= 0.3 is 0 Å². The summed E-state index contributed by atoms with van der Waals surface area (Å²) in [5.74, 6) is 1.55. The zero-order chi connectivity index (χ0) is 16.2. The molecule has 0 radical (unpaired) electrons. The van der Waals surface area contributed by atoms with Crippen LogP contribution in [0.2, 0.25) is 5.02 Å². The molecule has 5 heteroatoms. The Hall–Kier alpha value is -2.20. The van der Waals surface area contributed by atoms with Crippen molar-refractivity contribution in [2.45, 2.75) is 6.92 Å². The number of hydrogen-bond donors (Lipinski definition) is 0. The number of hydrogen-bond acceptors (Lipinski definition) is 3. The zero-order valence-electron chi connectivity index (χ0n) is 13.0. The smallest absolute Gasteiger partial charge is 0.246 e. The molecule has 3 rings (SSSR count). The Kier molecular flexibility index (Phi) is 4.72. The van der Waals surface area contributed by atoms with E-state index in [1.807, 2.05) is 48.2 Å². The number of piperazine rings is 1. The molecule has 0 N–H and O–H groups in total. The van der Waals surface area contributed by atoms with Gasteiger partial charge in [-0.05, 0) is 37.3 Å². The van der Waals surface area contributed by atoms with Crippen molar-refractivity contribution in [3.63, 3.8) is 0 Å². The molecule has 2 heterocycles. The van der Waals surface area contributed by atoms with Gasteiger partial charge in [0.15, 0.2) is 0 Å². The summed E-state index contributed by atoms with van der Waals surface area (Å²) < 4.78 is 5.43. The lowest BCUT2D eigenvalue weighted by atomic mass is 10.2. The van der Waals surface area contributed by atoms with Crippen molar-refractivity contribution in [3.8, 4) is 0 Å². The molecule has 0 spiro atoms. The maximum Gasteiger partial charge on any atom is 0.246 e. The van der Waals surface area contributed by atoms with Crippen molar-refractivity contribution in [1.29, 1.82) is 0 Å². The van der Waals surface area contributed by atoms with E-state index in [9.17, 15) is 4.79 Å². The van der Waals surface area contributed by atoms with E-state index in [0.717, 1.165) is 29.6 Å². The van der Waals surface area contributed by atoms with E-state index in [0.29, 0.717) is 18.8 Å². The summed E-state index contributed by atoms with van der Waals surface area (Å²) in [4.78, 5) is 16.3. The Balaban J connectivity index is 1.57. The van der Waals surface area contributed by atoms with E-state index in [-0.39, 0.29) is 5.91 Å². The molecule has 0 atom stereocenters. The van der Waals surface area contributed by atoms with E-state index in [1.54, 1.807) is 12.2 Å². The van der Waals surface area contributed by atoms with Crippen LogP contribution >= 0.6 is 11.6 Å². The molecule has 2 aromatic rings. The van der Waals surface area contributed by atoms with Gasteiger partial charge in [-0.2, -0.15) is 0 Å². The van der Waals surface area contributed by atoms with E-state index in [1.165, 1.54) is 0 Å². The van der Waals surface area contributed by atoms with Crippen LogP contribution in [0.5, 0.6) is 0 Å². The number of anilines is 1. The fourth-order valence-corrected chi connectivity index (χ4v) is 2.93. The molecule has 1 aliphatic rings. The Morgan fingerprint density at radius 3 is 2.52 bits per heavy atom. The van der Waals surface area contributed by atoms with Gasteiger partial charge in [-0.25, -0.2) is 0 Å². The van der Waals surface area contributed by atoms with Gasteiger partial charge in [0.25, 0.3) is 0 Å². The lowest BCUT2D eigenvalue weighted by Crippen LogP contribution is -2.48. The quantitative estimate of drug-likeness (QED) is 0.807. The summed E-state index contributed by atoms with van der Waals surface area (Å²) in [7, 11) is 0. The van der Waals surface area contributed by atoms with Gasteiger partial charge in [0.05, 0.1) is 10.7 Å². The Morgan fingerprint density at radius 1 is 1.13 bits per heavy atom. The number of furan rings is 1. The number of amides is 1. The number of aryl methyl sites for hydroxylation is 1. The van der Waals surface area contributed by atoms with Gasteiger partial charge in [0.1, 0.15) is 11.5 Å². The first-order valence-electron chi connectivity index (χ1n) is 7.66. The number of rotatable bonds is 3. The summed E-state index contributed by atoms with van der Waals surface area (Å²) >= 11 is 6.23. The second-order valence-corrected chi connectivity index (χ2v) is 5.95. The van der Waals surface area contributed by atoms with Crippen LogP contribution in [0.4, 0.5) is 5.69 Å². The molecule has 1 aromatic carbocycles. The van der Waals surface area contributed by atoms with Crippen molar-refractivity contribution in [2.75, 3.05) is 31.1 Å². The highest BCUT2D eigenvalue weighted by molar-refractivity contribution is 6.33. The minimum Gasteiger partial charge on any atom is -0.462 e. The van der Waals surface area contributed by atoms with Crippen molar-refractivity contribution in [2.24, 2.45) is 0 Å². The molecule has 4 nitrogen and oxygen atoms in total. The van der Waals surface area contributed by atoms with Crippen LogP contribution in [0.25, 0.3) is 6.08 Å². The summed E-state index contributed by atoms with van der Waals surface area (Å²) in [6.45, 7) is 4.82. The minimum absolute atomic E-state index is 0.0119. The SMILES string of the molecule is Cc1ccc(C=CC(=O)N2CCN(c3ccccc3Cl)CC2)o1. The van der Waals surface area contributed by atoms with E-state index in [2.05, 4.69) is 4.90 Å². The maximum absolute atomic E-state index is 12.2. The molecule has 0 aliphatic carbocycles. The third-order valence-electron chi connectivity index (χ3n) is 3.94. The molecule has 1 amide bonds. The average Bonchev–Trinajstić information content (AvgIpc) is 2.99. The first-order valence-corrected chi connectivity index (χ1v) is 8.04. The highest BCUT2D eigenvalue weighted by atomic mass is 35.5. The second kappa shape index (κ2) is 6.92. The van der Waals surface area contributed by atoms with Gasteiger partial charge in [-0.1, -0.05) is 23.7 Å². The lowest BCUT2D eigenvalue weighted by Gasteiger charge is -2.36.